The molecule has 2 N–H and O–H groups in total. The predicted molar refractivity (Wildman–Crippen MR) is 126 cm³/mol. The molecule has 1 aromatic heterocycles. The monoisotopic (exact) mass is 450 g/mol. The molecule has 0 spiro atoms. The molecule has 0 atom stereocenters. The van der Waals surface area contributed by atoms with Gasteiger partial charge in [-0.1, -0.05) is 29.8 Å². The van der Waals surface area contributed by atoms with E-state index in [4.69, 9.17) is 9.47 Å². The fourth-order valence-corrected chi connectivity index (χ4v) is 4.33. The Hall–Kier alpha value is -3.29. The minimum atomic E-state index is -0.413. The Morgan fingerprint density at radius 3 is 2.52 bits per heavy atom. The fourth-order valence-electron chi connectivity index (χ4n) is 4.33. The van der Waals surface area contributed by atoms with Crippen LogP contribution in [-0.4, -0.2) is 65.4 Å². The number of aromatic hydroxyl groups is 2. The first-order valence-corrected chi connectivity index (χ1v) is 11.1. The van der Waals surface area contributed by atoms with Gasteiger partial charge in [-0.05, 0) is 37.6 Å². The third-order valence-electron chi connectivity index (χ3n) is 6.18. The molecule has 4 rings (SSSR count). The SMILES string of the molecule is COc1ccccc1-c1c(C(=O)c2cc(C)ccc2C)c(O)c(O)n1CCN1CCOCC1. The second kappa shape index (κ2) is 9.68. The number of benzene rings is 2. The van der Waals surface area contributed by atoms with Crippen molar-refractivity contribution in [2.75, 3.05) is 40.0 Å². The molecule has 7 heteroatoms. The molecule has 0 amide bonds. The number of hydrogen-bond donors (Lipinski definition) is 2. The summed E-state index contributed by atoms with van der Waals surface area (Å²) in [7, 11) is 1.56. The summed E-state index contributed by atoms with van der Waals surface area (Å²) in [5.41, 5.74) is 3.39. The number of morpholine rings is 1. The molecule has 1 fully saturated rings. The summed E-state index contributed by atoms with van der Waals surface area (Å²) in [6.07, 6.45) is 0. The molecule has 1 aliphatic heterocycles. The molecule has 1 aliphatic rings. The van der Waals surface area contributed by atoms with Gasteiger partial charge in [0.1, 0.15) is 5.75 Å². The first-order valence-electron chi connectivity index (χ1n) is 11.1. The highest BCUT2D eigenvalue weighted by atomic mass is 16.5. The number of aryl methyl sites for hydroxylation is 2. The number of aromatic nitrogens is 1. The number of nitrogens with zero attached hydrogens (tertiary/aromatic N) is 2. The van der Waals surface area contributed by atoms with Crippen molar-refractivity contribution in [3.05, 3.63) is 64.7 Å². The first-order chi connectivity index (χ1) is 15.9. The van der Waals surface area contributed by atoms with E-state index in [1.165, 1.54) is 0 Å². The van der Waals surface area contributed by atoms with Crippen LogP contribution in [0.25, 0.3) is 11.3 Å². The zero-order valence-electron chi connectivity index (χ0n) is 19.3. The topological polar surface area (TPSA) is 84.2 Å². The van der Waals surface area contributed by atoms with E-state index >= 15 is 0 Å². The number of rotatable bonds is 7. The molecule has 0 aliphatic carbocycles. The Labute approximate surface area is 193 Å². The van der Waals surface area contributed by atoms with Crippen molar-refractivity contribution in [1.82, 2.24) is 9.47 Å². The summed E-state index contributed by atoms with van der Waals surface area (Å²) in [5, 5.41) is 21.9. The van der Waals surface area contributed by atoms with Crippen LogP contribution in [0.5, 0.6) is 17.4 Å². The maximum Gasteiger partial charge on any atom is 0.235 e. The molecule has 3 aromatic rings. The zero-order chi connectivity index (χ0) is 23.5. The molecule has 0 bridgehead atoms. The van der Waals surface area contributed by atoms with Gasteiger partial charge in [-0.2, -0.15) is 0 Å². The van der Waals surface area contributed by atoms with Crippen LogP contribution in [0.15, 0.2) is 42.5 Å². The van der Waals surface area contributed by atoms with Crippen molar-refractivity contribution in [2.24, 2.45) is 0 Å². The molecule has 0 saturated carbocycles. The summed E-state index contributed by atoms with van der Waals surface area (Å²) in [5.74, 6) is -0.519. The van der Waals surface area contributed by atoms with Gasteiger partial charge in [-0.15, -0.1) is 0 Å². The van der Waals surface area contributed by atoms with Gasteiger partial charge in [0, 0.05) is 37.3 Å². The van der Waals surface area contributed by atoms with Crippen LogP contribution >= 0.6 is 0 Å². The molecular formula is C26H30N2O5. The van der Waals surface area contributed by atoms with Crippen LogP contribution in [-0.2, 0) is 11.3 Å². The number of methoxy groups -OCH3 is 1. The van der Waals surface area contributed by atoms with Crippen LogP contribution in [0.4, 0.5) is 0 Å². The lowest BCUT2D eigenvalue weighted by Gasteiger charge is -2.27. The third kappa shape index (κ3) is 4.47. The fraction of sp³-hybridized carbons (Fsp3) is 0.346. The van der Waals surface area contributed by atoms with Crippen molar-refractivity contribution in [3.63, 3.8) is 0 Å². The van der Waals surface area contributed by atoms with Crippen molar-refractivity contribution < 1.29 is 24.5 Å². The second-order valence-electron chi connectivity index (χ2n) is 8.35. The number of para-hydroxylation sites is 1. The Kier molecular flexibility index (Phi) is 6.72. The molecular weight excluding hydrogens is 420 g/mol. The third-order valence-corrected chi connectivity index (χ3v) is 6.18. The van der Waals surface area contributed by atoms with E-state index in [9.17, 15) is 15.0 Å². The van der Waals surface area contributed by atoms with Crippen molar-refractivity contribution >= 4 is 5.78 Å². The van der Waals surface area contributed by atoms with E-state index in [-0.39, 0.29) is 17.2 Å². The molecule has 174 valence electrons. The first kappa shape index (κ1) is 22.9. The van der Waals surface area contributed by atoms with E-state index in [1.807, 2.05) is 50.2 Å². The summed E-state index contributed by atoms with van der Waals surface area (Å²) in [4.78, 5) is 16.0. The Morgan fingerprint density at radius 2 is 1.79 bits per heavy atom. The minimum absolute atomic E-state index is 0.0766. The summed E-state index contributed by atoms with van der Waals surface area (Å²) >= 11 is 0. The number of hydrogen-bond acceptors (Lipinski definition) is 6. The number of ether oxygens (including phenoxy) is 2. The van der Waals surface area contributed by atoms with Crippen LogP contribution in [0.1, 0.15) is 27.0 Å². The molecule has 7 nitrogen and oxygen atoms in total. The lowest BCUT2D eigenvalue weighted by Crippen LogP contribution is -2.38. The van der Waals surface area contributed by atoms with Crippen LogP contribution < -0.4 is 4.74 Å². The minimum Gasteiger partial charge on any atom is -0.503 e. The van der Waals surface area contributed by atoms with Crippen LogP contribution in [0.3, 0.4) is 0 Å². The summed E-state index contributed by atoms with van der Waals surface area (Å²) < 4.78 is 12.6. The largest absolute Gasteiger partial charge is 0.503 e. The predicted octanol–water partition coefficient (Wildman–Crippen LogP) is 3.75. The maximum atomic E-state index is 13.8. The van der Waals surface area contributed by atoms with Gasteiger partial charge in [0.2, 0.25) is 5.88 Å². The maximum absolute atomic E-state index is 13.8. The normalized spacial score (nSPS) is 14.4. The van der Waals surface area contributed by atoms with Crippen LogP contribution in [0, 0.1) is 13.8 Å². The quantitative estimate of drug-likeness (QED) is 0.534. The van der Waals surface area contributed by atoms with E-state index in [0.29, 0.717) is 48.9 Å². The Bertz CT molecular complexity index is 1160. The van der Waals surface area contributed by atoms with Gasteiger partial charge in [0.25, 0.3) is 0 Å². The highest BCUT2D eigenvalue weighted by Crippen LogP contribution is 2.44. The van der Waals surface area contributed by atoms with E-state index < -0.39 is 5.75 Å². The highest BCUT2D eigenvalue weighted by Gasteiger charge is 2.31. The van der Waals surface area contributed by atoms with Crippen molar-refractivity contribution in [1.29, 1.82) is 0 Å². The standard InChI is InChI=1S/C26H30N2O5/c1-17-8-9-18(2)20(16-17)24(29)22-23(19-6-4-5-7-21(19)32-3)28(26(31)25(22)30)11-10-27-12-14-33-15-13-27/h4-9,16,30-31H,10-15H2,1-3H3. The molecule has 0 unspecified atom stereocenters. The summed E-state index contributed by atoms with van der Waals surface area (Å²) in [6, 6.07) is 13.0. The Balaban J connectivity index is 1.86. The van der Waals surface area contributed by atoms with Gasteiger partial charge in [0.15, 0.2) is 11.5 Å². The number of carbonyl (C=O) groups excluding carboxylic acids is 1. The Morgan fingerprint density at radius 1 is 1.06 bits per heavy atom. The van der Waals surface area contributed by atoms with Gasteiger partial charge < -0.3 is 24.3 Å². The molecule has 1 saturated heterocycles. The van der Waals surface area contributed by atoms with E-state index in [0.717, 1.165) is 24.2 Å². The van der Waals surface area contributed by atoms with Crippen molar-refractivity contribution in [2.45, 2.75) is 20.4 Å². The van der Waals surface area contributed by atoms with Gasteiger partial charge in [0.05, 0.1) is 31.6 Å². The molecule has 2 aromatic carbocycles. The highest BCUT2D eigenvalue weighted by molar-refractivity contribution is 6.16. The second-order valence-corrected chi connectivity index (χ2v) is 8.35. The van der Waals surface area contributed by atoms with Crippen LogP contribution in [0.2, 0.25) is 0 Å². The number of carbonyl (C=O) groups is 1. The lowest BCUT2D eigenvalue weighted by atomic mass is 9.95. The average molecular weight is 451 g/mol. The average Bonchev–Trinajstić information content (AvgIpc) is 3.09. The van der Waals surface area contributed by atoms with Crippen molar-refractivity contribution in [3.8, 4) is 28.6 Å². The smallest absolute Gasteiger partial charge is 0.235 e. The number of ketones is 1. The van der Waals surface area contributed by atoms with Gasteiger partial charge >= 0.3 is 0 Å². The zero-order valence-corrected chi connectivity index (χ0v) is 19.3. The molecule has 2 heterocycles. The van der Waals surface area contributed by atoms with E-state index in [1.54, 1.807) is 17.7 Å². The summed E-state index contributed by atoms with van der Waals surface area (Å²) in [6.45, 7) is 7.75. The van der Waals surface area contributed by atoms with Gasteiger partial charge in [-0.3, -0.25) is 9.69 Å². The van der Waals surface area contributed by atoms with E-state index in [2.05, 4.69) is 4.90 Å². The molecule has 0 radical (unpaired) electrons. The van der Waals surface area contributed by atoms with Gasteiger partial charge in [-0.25, -0.2) is 0 Å². The molecule has 33 heavy (non-hydrogen) atoms. The lowest BCUT2D eigenvalue weighted by molar-refractivity contribution is 0.0362.